The Kier molecular flexibility index (Phi) is 3.58. The van der Waals surface area contributed by atoms with Crippen LogP contribution >= 0.6 is 0 Å². The Hall–Kier alpha value is -2.40. The van der Waals surface area contributed by atoms with Gasteiger partial charge in [-0.25, -0.2) is 5.10 Å². The number of hydrogen-bond donors (Lipinski definition) is 2. The van der Waals surface area contributed by atoms with Crippen molar-refractivity contribution in [3.63, 3.8) is 0 Å². The van der Waals surface area contributed by atoms with Gasteiger partial charge in [-0.15, -0.1) is 0 Å². The van der Waals surface area contributed by atoms with Crippen molar-refractivity contribution in [3.8, 4) is 11.1 Å². The monoisotopic (exact) mass is 278 g/mol. The Morgan fingerprint density at radius 1 is 1.24 bits per heavy atom. The van der Waals surface area contributed by atoms with Crippen molar-refractivity contribution in [2.75, 3.05) is 0 Å². The number of H-pyrrole nitrogens is 1. The number of aromatic nitrogens is 2. The van der Waals surface area contributed by atoms with Gasteiger partial charge < -0.3 is 5.02 Å². The first-order valence-electron chi connectivity index (χ1n) is 6.95. The Labute approximate surface area is 122 Å². The molecule has 0 saturated heterocycles. The van der Waals surface area contributed by atoms with Crippen molar-refractivity contribution in [1.29, 1.82) is 0 Å². The molecule has 0 amide bonds. The molecule has 0 radical (unpaired) electrons. The standard InChI is InChI=1S/C16H15BN2O2/c1-2-14-13-9-11(17-21)8-12(10-6-4-3-5-7-10)15(13)16(20)19-18-14/h3-9,17,21H,2H2,1H3,(H,19,20). The predicted molar refractivity (Wildman–Crippen MR) is 86.2 cm³/mol. The molecule has 2 aromatic carbocycles. The highest BCUT2D eigenvalue weighted by Crippen LogP contribution is 2.26. The SMILES string of the molecule is CCc1n[nH]c(=O)c2c(-c3ccccc3)cc(BO)cc12. The molecule has 0 aliphatic heterocycles. The zero-order chi connectivity index (χ0) is 14.8. The van der Waals surface area contributed by atoms with Crippen molar-refractivity contribution in [2.45, 2.75) is 13.3 Å². The van der Waals surface area contributed by atoms with Crippen LogP contribution in [-0.2, 0) is 6.42 Å². The highest BCUT2D eigenvalue weighted by Gasteiger charge is 2.13. The second-order valence-electron chi connectivity index (χ2n) is 4.94. The molecule has 104 valence electrons. The quantitative estimate of drug-likeness (QED) is 0.706. The maximum atomic E-state index is 12.3. The van der Waals surface area contributed by atoms with Gasteiger partial charge in [0.15, 0.2) is 0 Å². The summed E-state index contributed by atoms with van der Waals surface area (Å²) in [7, 11) is -0.0638. The maximum absolute atomic E-state index is 12.3. The van der Waals surface area contributed by atoms with Gasteiger partial charge in [-0.2, -0.15) is 5.10 Å². The number of hydrogen-bond acceptors (Lipinski definition) is 3. The number of nitrogens with zero attached hydrogens (tertiary/aromatic N) is 1. The minimum Gasteiger partial charge on any atom is -0.449 e. The van der Waals surface area contributed by atoms with E-state index in [9.17, 15) is 9.82 Å². The predicted octanol–water partition coefficient (Wildman–Crippen LogP) is 1.12. The zero-order valence-corrected chi connectivity index (χ0v) is 11.8. The summed E-state index contributed by atoms with van der Waals surface area (Å²) in [5, 5.41) is 17.6. The molecule has 0 saturated carbocycles. The second-order valence-corrected chi connectivity index (χ2v) is 4.94. The third-order valence-corrected chi connectivity index (χ3v) is 3.63. The van der Waals surface area contributed by atoms with Crippen LogP contribution in [0.3, 0.4) is 0 Å². The van der Waals surface area contributed by atoms with Gasteiger partial charge in [-0.3, -0.25) is 4.79 Å². The molecule has 5 heteroatoms. The van der Waals surface area contributed by atoms with E-state index in [4.69, 9.17) is 0 Å². The molecule has 0 unspecified atom stereocenters. The average Bonchev–Trinajstić information content (AvgIpc) is 2.55. The molecule has 4 nitrogen and oxygen atoms in total. The minimum atomic E-state index is -0.203. The fourth-order valence-electron chi connectivity index (χ4n) is 2.61. The van der Waals surface area contributed by atoms with E-state index in [0.717, 1.165) is 34.1 Å². The van der Waals surface area contributed by atoms with Crippen molar-refractivity contribution in [1.82, 2.24) is 10.2 Å². The van der Waals surface area contributed by atoms with Gasteiger partial charge in [0, 0.05) is 5.39 Å². The van der Waals surface area contributed by atoms with Crippen LogP contribution in [0.1, 0.15) is 12.6 Å². The van der Waals surface area contributed by atoms with E-state index in [1.54, 1.807) is 0 Å². The molecule has 0 atom stereocenters. The van der Waals surface area contributed by atoms with Crippen LogP contribution in [-0.4, -0.2) is 22.7 Å². The summed E-state index contributed by atoms with van der Waals surface area (Å²) >= 11 is 0. The van der Waals surface area contributed by atoms with Gasteiger partial charge in [0.05, 0.1) is 11.1 Å². The van der Waals surface area contributed by atoms with Crippen molar-refractivity contribution in [3.05, 3.63) is 58.5 Å². The Morgan fingerprint density at radius 2 is 2.00 bits per heavy atom. The van der Waals surface area contributed by atoms with Crippen molar-refractivity contribution >= 4 is 23.7 Å². The summed E-state index contributed by atoms with van der Waals surface area (Å²) in [6, 6.07) is 13.4. The highest BCUT2D eigenvalue weighted by atomic mass is 16.2. The van der Waals surface area contributed by atoms with Crippen molar-refractivity contribution < 1.29 is 5.02 Å². The van der Waals surface area contributed by atoms with Gasteiger partial charge in [0.2, 0.25) is 0 Å². The highest BCUT2D eigenvalue weighted by molar-refractivity contribution is 6.46. The third kappa shape index (κ3) is 2.36. The summed E-state index contributed by atoms with van der Waals surface area (Å²) in [4.78, 5) is 12.3. The Morgan fingerprint density at radius 3 is 2.67 bits per heavy atom. The molecule has 21 heavy (non-hydrogen) atoms. The fourth-order valence-corrected chi connectivity index (χ4v) is 2.61. The van der Waals surface area contributed by atoms with Gasteiger partial charge in [-0.1, -0.05) is 54.9 Å². The molecule has 0 bridgehead atoms. The lowest BCUT2D eigenvalue weighted by Gasteiger charge is -2.10. The van der Waals surface area contributed by atoms with Crippen LogP contribution in [0.4, 0.5) is 0 Å². The molecule has 3 rings (SSSR count). The van der Waals surface area contributed by atoms with Crippen molar-refractivity contribution in [2.24, 2.45) is 0 Å². The normalized spacial score (nSPS) is 10.8. The molecule has 0 spiro atoms. The summed E-state index contributed by atoms with van der Waals surface area (Å²) in [5.41, 5.74) is 3.19. The summed E-state index contributed by atoms with van der Waals surface area (Å²) in [5.74, 6) is 0. The zero-order valence-electron chi connectivity index (χ0n) is 11.8. The third-order valence-electron chi connectivity index (χ3n) is 3.63. The molecule has 0 aliphatic carbocycles. The number of benzene rings is 2. The van der Waals surface area contributed by atoms with Gasteiger partial charge in [-0.05, 0) is 17.5 Å². The number of rotatable bonds is 3. The van der Waals surface area contributed by atoms with E-state index in [-0.39, 0.29) is 13.0 Å². The Balaban J connectivity index is 2.45. The minimum absolute atomic E-state index is 0.0638. The van der Waals surface area contributed by atoms with Crippen LogP contribution in [0, 0.1) is 0 Å². The number of aromatic amines is 1. The lowest BCUT2D eigenvalue weighted by Crippen LogP contribution is -2.18. The Bertz CT molecular complexity index is 844. The smallest absolute Gasteiger partial charge is 0.304 e. The van der Waals surface area contributed by atoms with E-state index >= 15 is 0 Å². The van der Waals surface area contributed by atoms with E-state index in [1.807, 2.05) is 49.4 Å². The van der Waals surface area contributed by atoms with E-state index in [2.05, 4.69) is 10.2 Å². The first-order valence-corrected chi connectivity index (χ1v) is 6.95. The van der Waals surface area contributed by atoms with Gasteiger partial charge >= 0.3 is 7.48 Å². The van der Waals surface area contributed by atoms with Gasteiger partial charge in [0.1, 0.15) is 0 Å². The molecule has 0 fully saturated rings. The molecular formula is C16H15BN2O2. The van der Waals surface area contributed by atoms with E-state index in [1.165, 1.54) is 0 Å². The van der Waals surface area contributed by atoms with Crippen LogP contribution < -0.4 is 11.0 Å². The molecule has 3 aromatic rings. The fraction of sp³-hybridized carbons (Fsp3) is 0.125. The maximum Gasteiger partial charge on any atom is 0.304 e. The summed E-state index contributed by atoms with van der Waals surface area (Å²) in [6.45, 7) is 1.99. The van der Waals surface area contributed by atoms with Crippen LogP contribution in [0.5, 0.6) is 0 Å². The van der Waals surface area contributed by atoms with Crippen LogP contribution in [0.25, 0.3) is 21.9 Å². The molecule has 0 aliphatic rings. The lowest BCUT2D eigenvalue weighted by molar-refractivity contribution is 0.615. The first-order chi connectivity index (χ1) is 10.2. The molecule has 1 aromatic heterocycles. The summed E-state index contributed by atoms with van der Waals surface area (Å²) < 4.78 is 0. The topological polar surface area (TPSA) is 66.0 Å². The lowest BCUT2D eigenvalue weighted by atomic mass is 9.83. The van der Waals surface area contributed by atoms with Crippen LogP contribution in [0.15, 0.2) is 47.3 Å². The molecular weight excluding hydrogens is 263 g/mol. The van der Waals surface area contributed by atoms with Crippen LogP contribution in [0.2, 0.25) is 0 Å². The summed E-state index contributed by atoms with van der Waals surface area (Å²) in [6.07, 6.45) is 0.719. The van der Waals surface area contributed by atoms with Gasteiger partial charge in [0.25, 0.3) is 5.56 Å². The average molecular weight is 278 g/mol. The molecule has 2 N–H and O–H groups in total. The number of nitrogens with one attached hydrogen (secondary N) is 1. The first kappa shape index (κ1) is 13.6. The number of fused-ring (bicyclic) bond motifs is 1. The number of aryl methyl sites for hydroxylation is 1. The molecule has 1 heterocycles. The second kappa shape index (κ2) is 5.54. The van der Waals surface area contributed by atoms with E-state index in [0.29, 0.717) is 5.39 Å². The largest absolute Gasteiger partial charge is 0.449 e. The van der Waals surface area contributed by atoms with E-state index < -0.39 is 0 Å².